The van der Waals surface area contributed by atoms with Crippen molar-refractivity contribution >= 4 is 15.9 Å². The molecule has 0 radical (unpaired) electrons. The number of hydrogen-bond donors (Lipinski definition) is 1. The monoisotopic (exact) mass is 303 g/mol. The molecule has 2 rings (SSSR count). The van der Waals surface area contributed by atoms with Gasteiger partial charge in [-0.3, -0.25) is 4.79 Å². The largest absolute Gasteiger partial charge is 0.352 e. The fourth-order valence-electron chi connectivity index (χ4n) is 1.72. The van der Waals surface area contributed by atoms with Crippen LogP contribution in [0, 0.1) is 5.82 Å². The van der Waals surface area contributed by atoms with Crippen LogP contribution in [-0.2, 0) is 24.3 Å². The number of sulfonamides is 1. The lowest BCUT2D eigenvalue weighted by Gasteiger charge is -2.22. The van der Waals surface area contributed by atoms with Crippen molar-refractivity contribution in [3.05, 3.63) is 30.1 Å². The summed E-state index contributed by atoms with van der Waals surface area (Å²) in [6.07, 6.45) is -0.293. The van der Waals surface area contributed by atoms with E-state index in [1.54, 1.807) is 4.72 Å². The summed E-state index contributed by atoms with van der Waals surface area (Å²) < 4.78 is 49.2. The average molecular weight is 303 g/mol. The summed E-state index contributed by atoms with van der Waals surface area (Å²) in [7, 11) is -4.23. The van der Waals surface area contributed by atoms with Crippen molar-refractivity contribution in [2.24, 2.45) is 0 Å². The number of halogens is 1. The van der Waals surface area contributed by atoms with Gasteiger partial charge in [0.25, 0.3) is 10.0 Å². The molecule has 6 nitrogen and oxygen atoms in total. The molecule has 1 saturated heterocycles. The van der Waals surface area contributed by atoms with Crippen molar-refractivity contribution in [3.8, 4) is 0 Å². The first kappa shape index (κ1) is 14.9. The molecule has 0 bridgehead atoms. The van der Waals surface area contributed by atoms with E-state index in [1.165, 1.54) is 12.1 Å². The lowest BCUT2D eigenvalue weighted by molar-refractivity contribution is -0.183. The maximum absolute atomic E-state index is 13.4. The normalized spacial score (nSPS) is 16.9. The second-order valence-corrected chi connectivity index (χ2v) is 5.84. The summed E-state index contributed by atoms with van der Waals surface area (Å²) in [5.41, 5.74) is 0. The minimum Gasteiger partial charge on any atom is -0.352 e. The molecule has 1 amide bonds. The molecule has 0 aliphatic carbocycles. The van der Waals surface area contributed by atoms with Crippen LogP contribution in [0.25, 0.3) is 0 Å². The third kappa shape index (κ3) is 3.75. The molecule has 0 unspecified atom stereocenters. The van der Waals surface area contributed by atoms with Gasteiger partial charge >= 0.3 is 0 Å². The van der Waals surface area contributed by atoms with E-state index in [4.69, 9.17) is 9.47 Å². The van der Waals surface area contributed by atoms with Gasteiger partial charge in [0.1, 0.15) is 10.7 Å². The van der Waals surface area contributed by atoms with Gasteiger partial charge in [0.15, 0.2) is 6.29 Å². The van der Waals surface area contributed by atoms with Crippen LogP contribution >= 0.6 is 0 Å². The number of benzene rings is 1. The van der Waals surface area contributed by atoms with Gasteiger partial charge in [-0.05, 0) is 18.6 Å². The Balaban J connectivity index is 2.01. The number of amides is 1. The molecule has 1 aromatic rings. The zero-order valence-electron chi connectivity index (χ0n) is 10.5. The van der Waals surface area contributed by atoms with Crippen molar-refractivity contribution in [2.75, 3.05) is 13.2 Å². The highest BCUT2D eigenvalue weighted by atomic mass is 32.2. The first-order valence-corrected chi connectivity index (χ1v) is 7.51. The van der Waals surface area contributed by atoms with Crippen LogP contribution in [-0.4, -0.2) is 33.8 Å². The third-order valence-electron chi connectivity index (χ3n) is 2.62. The van der Waals surface area contributed by atoms with E-state index in [-0.39, 0.29) is 6.42 Å². The van der Waals surface area contributed by atoms with Crippen LogP contribution in [0.4, 0.5) is 4.39 Å². The molecule has 110 valence electrons. The molecule has 8 heteroatoms. The van der Waals surface area contributed by atoms with Crippen molar-refractivity contribution in [3.63, 3.8) is 0 Å². The molecule has 0 spiro atoms. The van der Waals surface area contributed by atoms with Gasteiger partial charge in [0.05, 0.1) is 19.6 Å². The Bertz CT molecular complexity index is 583. The summed E-state index contributed by atoms with van der Waals surface area (Å²) in [4.78, 5) is 11.1. The predicted octanol–water partition coefficient (Wildman–Crippen LogP) is 0.784. The Morgan fingerprint density at radius 2 is 1.95 bits per heavy atom. The van der Waals surface area contributed by atoms with Crippen molar-refractivity contribution in [2.45, 2.75) is 24.0 Å². The number of rotatable bonds is 4. The van der Waals surface area contributed by atoms with Gasteiger partial charge in [-0.15, -0.1) is 0 Å². The molecular weight excluding hydrogens is 289 g/mol. The smallest absolute Gasteiger partial charge is 0.266 e. The molecule has 1 aliphatic heterocycles. The first-order valence-electron chi connectivity index (χ1n) is 6.02. The van der Waals surface area contributed by atoms with Crippen LogP contribution < -0.4 is 4.72 Å². The topological polar surface area (TPSA) is 81.7 Å². The summed E-state index contributed by atoms with van der Waals surface area (Å²) in [6.45, 7) is 0.913. The van der Waals surface area contributed by atoms with E-state index in [0.717, 1.165) is 18.6 Å². The first-order chi connectivity index (χ1) is 9.49. The van der Waals surface area contributed by atoms with Gasteiger partial charge in [0, 0.05) is 0 Å². The maximum Gasteiger partial charge on any atom is 0.266 e. The number of ether oxygens (including phenoxy) is 2. The predicted molar refractivity (Wildman–Crippen MR) is 66.7 cm³/mol. The Morgan fingerprint density at radius 1 is 1.30 bits per heavy atom. The molecule has 1 fully saturated rings. The third-order valence-corrected chi connectivity index (χ3v) is 4.03. The quantitative estimate of drug-likeness (QED) is 0.889. The van der Waals surface area contributed by atoms with Crippen molar-refractivity contribution < 1.29 is 27.1 Å². The summed E-state index contributed by atoms with van der Waals surface area (Å²) >= 11 is 0. The van der Waals surface area contributed by atoms with Crippen LogP contribution in [0.2, 0.25) is 0 Å². The number of carbonyl (C=O) groups is 1. The highest BCUT2D eigenvalue weighted by Gasteiger charge is 2.24. The molecule has 1 aromatic carbocycles. The zero-order chi connectivity index (χ0) is 14.6. The SMILES string of the molecule is O=C(CC1OCCCO1)NS(=O)(=O)c1ccccc1F. The molecule has 0 atom stereocenters. The van der Waals surface area contributed by atoms with E-state index in [0.29, 0.717) is 13.2 Å². The van der Waals surface area contributed by atoms with E-state index in [9.17, 15) is 17.6 Å². The van der Waals surface area contributed by atoms with Gasteiger partial charge < -0.3 is 9.47 Å². The Hall–Kier alpha value is -1.51. The summed E-state index contributed by atoms with van der Waals surface area (Å²) in [5.74, 6) is -1.72. The Labute approximate surface area is 115 Å². The highest BCUT2D eigenvalue weighted by molar-refractivity contribution is 7.90. The van der Waals surface area contributed by atoms with E-state index < -0.39 is 32.9 Å². The minimum atomic E-state index is -4.23. The van der Waals surface area contributed by atoms with Crippen LogP contribution in [0.3, 0.4) is 0 Å². The van der Waals surface area contributed by atoms with E-state index >= 15 is 0 Å². The summed E-state index contributed by atoms with van der Waals surface area (Å²) in [6, 6.07) is 4.82. The maximum atomic E-state index is 13.4. The second-order valence-electron chi connectivity index (χ2n) is 4.19. The summed E-state index contributed by atoms with van der Waals surface area (Å²) in [5, 5.41) is 0. The average Bonchev–Trinajstić information content (AvgIpc) is 2.39. The van der Waals surface area contributed by atoms with Crippen LogP contribution in [0.15, 0.2) is 29.2 Å². The lowest BCUT2D eigenvalue weighted by atomic mass is 10.3. The molecule has 0 saturated carbocycles. The Kier molecular flexibility index (Phi) is 4.69. The lowest BCUT2D eigenvalue weighted by Crippen LogP contribution is -2.36. The minimum absolute atomic E-state index is 0.256. The molecule has 1 aliphatic rings. The van der Waals surface area contributed by atoms with E-state index in [1.807, 2.05) is 0 Å². The van der Waals surface area contributed by atoms with Gasteiger partial charge in [-0.25, -0.2) is 17.5 Å². The number of hydrogen-bond acceptors (Lipinski definition) is 5. The number of nitrogens with one attached hydrogen (secondary N) is 1. The van der Waals surface area contributed by atoms with Gasteiger partial charge in [-0.2, -0.15) is 0 Å². The molecule has 20 heavy (non-hydrogen) atoms. The molecule has 1 heterocycles. The van der Waals surface area contributed by atoms with Gasteiger partial charge in [-0.1, -0.05) is 12.1 Å². The van der Waals surface area contributed by atoms with Crippen molar-refractivity contribution in [1.29, 1.82) is 0 Å². The fourth-order valence-corrected chi connectivity index (χ4v) is 2.79. The standard InChI is InChI=1S/C12H14FNO5S/c13-9-4-1-2-5-10(9)20(16,17)14-11(15)8-12-18-6-3-7-19-12/h1-2,4-5,12H,3,6-8H2,(H,14,15). The second kappa shape index (κ2) is 6.29. The van der Waals surface area contributed by atoms with E-state index in [2.05, 4.69) is 0 Å². The molecular formula is C12H14FNO5S. The van der Waals surface area contributed by atoms with Crippen LogP contribution in [0.1, 0.15) is 12.8 Å². The zero-order valence-corrected chi connectivity index (χ0v) is 11.4. The van der Waals surface area contributed by atoms with Crippen molar-refractivity contribution in [1.82, 2.24) is 4.72 Å². The Morgan fingerprint density at radius 3 is 2.60 bits per heavy atom. The molecule has 0 aromatic heterocycles. The highest BCUT2D eigenvalue weighted by Crippen LogP contribution is 2.14. The van der Waals surface area contributed by atoms with Gasteiger partial charge in [0.2, 0.25) is 5.91 Å². The number of carbonyl (C=O) groups excluding carboxylic acids is 1. The molecule has 1 N–H and O–H groups in total. The van der Waals surface area contributed by atoms with Crippen LogP contribution in [0.5, 0.6) is 0 Å². The fraction of sp³-hybridized carbons (Fsp3) is 0.417.